The van der Waals surface area contributed by atoms with E-state index in [2.05, 4.69) is 20.3 Å². The van der Waals surface area contributed by atoms with Crippen molar-refractivity contribution in [2.24, 2.45) is 0 Å². The molecule has 2 heterocycles. The van der Waals surface area contributed by atoms with Crippen LogP contribution < -0.4 is 5.32 Å². The van der Waals surface area contributed by atoms with Gasteiger partial charge >= 0.3 is 0 Å². The third kappa shape index (κ3) is 2.05. The van der Waals surface area contributed by atoms with Gasteiger partial charge in [0.05, 0.1) is 18.1 Å². The molecule has 16 heavy (non-hydrogen) atoms. The van der Waals surface area contributed by atoms with Crippen LogP contribution in [0.25, 0.3) is 5.95 Å². The van der Waals surface area contributed by atoms with Crippen LogP contribution in [-0.4, -0.2) is 25.4 Å². The fraction of sp³-hybridized carbons (Fsp3) is 0.200. The van der Waals surface area contributed by atoms with Gasteiger partial charge in [0.1, 0.15) is 5.82 Å². The zero-order valence-corrected chi connectivity index (χ0v) is 9.01. The molecule has 1 amide bonds. The van der Waals surface area contributed by atoms with Crippen LogP contribution in [-0.2, 0) is 4.79 Å². The van der Waals surface area contributed by atoms with E-state index in [9.17, 15) is 4.79 Å². The maximum absolute atomic E-state index is 10.8. The molecule has 6 nitrogen and oxygen atoms in total. The van der Waals surface area contributed by atoms with Gasteiger partial charge in [0.15, 0.2) is 0 Å². The van der Waals surface area contributed by atoms with E-state index in [1.807, 2.05) is 6.92 Å². The molecule has 2 aromatic heterocycles. The molecule has 0 saturated heterocycles. The van der Waals surface area contributed by atoms with Crippen LogP contribution in [0.2, 0.25) is 0 Å². The SMILES string of the molecule is CC(=O)Nc1cnc(-n2ccnc2C)nc1. The molecular formula is C10H11N5O. The summed E-state index contributed by atoms with van der Waals surface area (Å²) < 4.78 is 1.76. The average molecular weight is 217 g/mol. The number of carbonyl (C=O) groups excluding carboxylic acids is 1. The lowest BCUT2D eigenvalue weighted by Gasteiger charge is -2.04. The van der Waals surface area contributed by atoms with Gasteiger partial charge in [-0.2, -0.15) is 0 Å². The van der Waals surface area contributed by atoms with E-state index in [0.29, 0.717) is 11.6 Å². The van der Waals surface area contributed by atoms with E-state index in [1.165, 1.54) is 6.92 Å². The van der Waals surface area contributed by atoms with Crippen LogP contribution in [0.5, 0.6) is 0 Å². The normalized spacial score (nSPS) is 10.1. The molecule has 1 N–H and O–H groups in total. The first kappa shape index (κ1) is 10.3. The second-order valence-electron chi connectivity index (χ2n) is 3.30. The first-order chi connectivity index (χ1) is 7.66. The Hall–Kier alpha value is -2.24. The molecule has 0 fully saturated rings. The van der Waals surface area contributed by atoms with Gasteiger partial charge in [-0.1, -0.05) is 0 Å². The van der Waals surface area contributed by atoms with Crippen molar-refractivity contribution in [2.75, 3.05) is 5.32 Å². The van der Waals surface area contributed by atoms with Crippen molar-refractivity contribution in [3.8, 4) is 5.95 Å². The average Bonchev–Trinajstić information content (AvgIpc) is 2.65. The van der Waals surface area contributed by atoms with Crippen LogP contribution in [0.4, 0.5) is 5.69 Å². The van der Waals surface area contributed by atoms with Crippen LogP contribution in [0.1, 0.15) is 12.7 Å². The highest BCUT2D eigenvalue weighted by Gasteiger charge is 2.03. The third-order valence-electron chi connectivity index (χ3n) is 2.00. The number of carbonyl (C=O) groups is 1. The molecule has 0 aliphatic heterocycles. The molecule has 2 aromatic rings. The summed E-state index contributed by atoms with van der Waals surface area (Å²) in [6.45, 7) is 3.30. The van der Waals surface area contributed by atoms with Gasteiger partial charge in [-0.05, 0) is 6.92 Å². The van der Waals surface area contributed by atoms with Gasteiger partial charge in [-0.15, -0.1) is 0 Å². The van der Waals surface area contributed by atoms with Crippen molar-refractivity contribution in [2.45, 2.75) is 13.8 Å². The van der Waals surface area contributed by atoms with Crippen molar-refractivity contribution in [3.05, 3.63) is 30.6 Å². The van der Waals surface area contributed by atoms with E-state index in [1.54, 1.807) is 29.4 Å². The van der Waals surface area contributed by atoms with Crippen LogP contribution in [0.15, 0.2) is 24.8 Å². The first-order valence-corrected chi connectivity index (χ1v) is 4.77. The number of aromatic nitrogens is 4. The van der Waals surface area contributed by atoms with Crippen molar-refractivity contribution >= 4 is 11.6 Å². The Bertz CT molecular complexity index is 502. The van der Waals surface area contributed by atoms with Crippen molar-refractivity contribution in [3.63, 3.8) is 0 Å². The topological polar surface area (TPSA) is 72.7 Å². The predicted octanol–water partition coefficient (Wildman–Crippen LogP) is 0.929. The summed E-state index contributed by atoms with van der Waals surface area (Å²) in [6.07, 6.45) is 6.58. The van der Waals surface area contributed by atoms with E-state index in [-0.39, 0.29) is 5.91 Å². The molecule has 82 valence electrons. The van der Waals surface area contributed by atoms with Gasteiger partial charge in [0.25, 0.3) is 0 Å². The summed E-state index contributed by atoms with van der Waals surface area (Å²) in [5, 5.41) is 2.60. The maximum Gasteiger partial charge on any atom is 0.235 e. The largest absolute Gasteiger partial charge is 0.324 e. The molecule has 0 atom stereocenters. The molecule has 0 saturated carbocycles. The summed E-state index contributed by atoms with van der Waals surface area (Å²) in [5.41, 5.74) is 0.578. The minimum absolute atomic E-state index is 0.143. The van der Waals surface area contributed by atoms with Gasteiger partial charge in [-0.25, -0.2) is 15.0 Å². The molecule has 0 unspecified atom stereocenters. The maximum atomic E-state index is 10.8. The van der Waals surface area contributed by atoms with Gasteiger partial charge in [0.2, 0.25) is 11.9 Å². The second-order valence-corrected chi connectivity index (χ2v) is 3.30. The molecule has 0 aliphatic rings. The Morgan fingerprint density at radius 1 is 1.31 bits per heavy atom. The Morgan fingerprint density at radius 3 is 2.50 bits per heavy atom. The Labute approximate surface area is 92.4 Å². The summed E-state index contributed by atoms with van der Waals surface area (Å²) in [7, 11) is 0. The molecule has 0 bridgehead atoms. The standard InChI is InChI=1S/C10H11N5O/c1-7-11-3-4-15(7)10-12-5-9(6-13-10)14-8(2)16/h3-6H,1-2H3,(H,14,16). The monoisotopic (exact) mass is 217 g/mol. The number of imidazole rings is 1. The number of aryl methyl sites for hydroxylation is 1. The summed E-state index contributed by atoms with van der Waals surface area (Å²) >= 11 is 0. The van der Waals surface area contributed by atoms with E-state index in [4.69, 9.17) is 0 Å². The number of hydrogen-bond acceptors (Lipinski definition) is 4. The molecule has 2 rings (SSSR count). The highest BCUT2D eigenvalue weighted by molar-refractivity contribution is 5.88. The lowest BCUT2D eigenvalue weighted by Crippen LogP contribution is -2.08. The number of nitrogens with zero attached hydrogens (tertiary/aromatic N) is 4. The quantitative estimate of drug-likeness (QED) is 0.812. The minimum Gasteiger partial charge on any atom is -0.324 e. The van der Waals surface area contributed by atoms with Gasteiger partial charge in [-0.3, -0.25) is 9.36 Å². The second kappa shape index (κ2) is 4.09. The zero-order chi connectivity index (χ0) is 11.5. The fourth-order valence-electron chi connectivity index (χ4n) is 1.30. The summed E-state index contributed by atoms with van der Waals surface area (Å²) in [6, 6.07) is 0. The van der Waals surface area contributed by atoms with Crippen LogP contribution in [0.3, 0.4) is 0 Å². The highest BCUT2D eigenvalue weighted by atomic mass is 16.1. The number of amides is 1. The Balaban J connectivity index is 2.26. The van der Waals surface area contributed by atoms with Crippen molar-refractivity contribution in [1.82, 2.24) is 19.5 Å². The van der Waals surface area contributed by atoms with E-state index >= 15 is 0 Å². The molecule has 0 aliphatic carbocycles. The minimum atomic E-state index is -0.143. The Kier molecular flexibility index (Phi) is 2.63. The molecule has 6 heteroatoms. The van der Waals surface area contributed by atoms with Crippen LogP contribution in [0, 0.1) is 6.92 Å². The smallest absolute Gasteiger partial charge is 0.235 e. The Morgan fingerprint density at radius 2 is 2.00 bits per heavy atom. The summed E-state index contributed by atoms with van der Waals surface area (Å²) in [4.78, 5) is 23.1. The lowest BCUT2D eigenvalue weighted by molar-refractivity contribution is -0.114. The van der Waals surface area contributed by atoms with Gasteiger partial charge in [0, 0.05) is 19.3 Å². The number of anilines is 1. The predicted molar refractivity (Wildman–Crippen MR) is 58.2 cm³/mol. The van der Waals surface area contributed by atoms with E-state index < -0.39 is 0 Å². The third-order valence-corrected chi connectivity index (χ3v) is 2.00. The number of hydrogen-bond donors (Lipinski definition) is 1. The molecule has 0 radical (unpaired) electrons. The lowest BCUT2D eigenvalue weighted by atomic mass is 10.5. The van der Waals surface area contributed by atoms with Crippen LogP contribution >= 0.6 is 0 Å². The van der Waals surface area contributed by atoms with Crippen molar-refractivity contribution in [1.29, 1.82) is 0 Å². The molecule has 0 aromatic carbocycles. The van der Waals surface area contributed by atoms with Crippen molar-refractivity contribution < 1.29 is 4.79 Å². The fourth-order valence-corrected chi connectivity index (χ4v) is 1.30. The van der Waals surface area contributed by atoms with E-state index in [0.717, 1.165) is 5.82 Å². The number of nitrogens with one attached hydrogen (secondary N) is 1. The highest BCUT2D eigenvalue weighted by Crippen LogP contribution is 2.07. The summed E-state index contributed by atoms with van der Waals surface area (Å²) in [5.74, 6) is 1.20. The first-order valence-electron chi connectivity index (χ1n) is 4.77. The van der Waals surface area contributed by atoms with Gasteiger partial charge < -0.3 is 5.32 Å². The zero-order valence-electron chi connectivity index (χ0n) is 9.01. The number of rotatable bonds is 2. The molecular weight excluding hydrogens is 206 g/mol. The molecule has 0 spiro atoms.